The monoisotopic (exact) mass is 289 g/mol. The number of rotatable bonds is 3. The molecule has 0 aliphatic heterocycles. The van der Waals surface area contributed by atoms with Crippen molar-refractivity contribution in [2.75, 3.05) is 0 Å². The van der Waals surface area contributed by atoms with Crippen LogP contribution in [0.5, 0.6) is 0 Å². The molecule has 0 radical (unpaired) electrons. The van der Waals surface area contributed by atoms with Gasteiger partial charge in [0.25, 0.3) is 0 Å². The minimum Gasteiger partial charge on any atom is -0.543 e. The Morgan fingerprint density at radius 1 is 1.26 bits per heavy atom. The molecule has 94 valence electrons. The van der Waals surface area contributed by atoms with Gasteiger partial charge in [-0.15, -0.1) is 0 Å². The van der Waals surface area contributed by atoms with Gasteiger partial charge >= 0.3 is 39.8 Å². The molecule has 19 heavy (non-hydrogen) atoms. The van der Waals surface area contributed by atoms with E-state index in [9.17, 15) is 18.3 Å². The molecule has 9 heteroatoms. The maximum absolute atomic E-state index is 11.2. The molecule has 2 N–H and O–H groups in total. The standard InChI is InChI=1S/C10H9N3O4S.Na/c11-18(16,17)13-6-3-8(9(13)10(14)15)7-1-4-12-5-2-7;/h1-6H,(H,14,15)(H2,11,16,17);/q;+1/p-1. The number of pyridine rings is 1. The molecular weight excluding hydrogens is 281 g/mol. The molecule has 0 spiro atoms. The van der Waals surface area contributed by atoms with Crippen molar-refractivity contribution in [3.8, 4) is 11.1 Å². The summed E-state index contributed by atoms with van der Waals surface area (Å²) in [4.78, 5) is 14.8. The predicted molar refractivity (Wildman–Crippen MR) is 60.5 cm³/mol. The van der Waals surface area contributed by atoms with Crippen molar-refractivity contribution in [2.24, 2.45) is 5.14 Å². The van der Waals surface area contributed by atoms with Crippen LogP contribution in [0.4, 0.5) is 0 Å². The molecule has 0 saturated heterocycles. The van der Waals surface area contributed by atoms with E-state index in [4.69, 9.17) is 5.14 Å². The van der Waals surface area contributed by atoms with Gasteiger partial charge in [0, 0.05) is 24.2 Å². The summed E-state index contributed by atoms with van der Waals surface area (Å²) in [5.41, 5.74) is 0.196. The fraction of sp³-hybridized carbons (Fsp3) is 0. The first-order valence-electron chi connectivity index (χ1n) is 4.77. The normalized spacial score (nSPS) is 10.8. The van der Waals surface area contributed by atoms with Crippen LogP contribution < -0.4 is 39.8 Å². The molecule has 7 nitrogen and oxygen atoms in total. The predicted octanol–water partition coefficient (Wildman–Crippen LogP) is -4.03. The number of carboxylic acids is 1. The molecule has 0 saturated carbocycles. The van der Waals surface area contributed by atoms with Crippen molar-refractivity contribution in [3.63, 3.8) is 0 Å². The second-order valence-corrected chi connectivity index (χ2v) is 4.87. The molecule has 0 bridgehead atoms. The van der Waals surface area contributed by atoms with E-state index in [2.05, 4.69) is 4.98 Å². The third-order valence-electron chi connectivity index (χ3n) is 2.31. The zero-order valence-electron chi connectivity index (χ0n) is 9.98. The van der Waals surface area contributed by atoms with E-state index in [0.29, 0.717) is 9.54 Å². The van der Waals surface area contributed by atoms with Crippen LogP contribution in [-0.2, 0) is 10.2 Å². The largest absolute Gasteiger partial charge is 1.00 e. The summed E-state index contributed by atoms with van der Waals surface area (Å²) in [6.45, 7) is 0. The van der Waals surface area contributed by atoms with Gasteiger partial charge in [-0.05, 0) is 23.8 Å². The van der Waals surface area contributed by atoms with Crippen molar-refractivity contribution in [1.82, 2.24) is 8.96 Å². The first-order chi connectivity index (χ1) is 8.41. The molecule has 0 fully saturated rings. The number of hydrogen-bond donors (Lipinski definition) is 1. The van der Waals surface area contributed by atoms with Crippen LogP contribution in [-0.4, -0.2) is 23.3 Å². The van der Waals surface area contributed by atoms with E-state index in [1.54, 1.807) is 12.1 Å². The van der Waals surface area contributed by atoms with Crippen LogP contribution in [0, 0.1) is 0 Å². The minimum atomic E-state index is -4.19. The zero-order valence-corrected chi connectivity index (χ0v) is 12.8. The summed E-state index contributed by atoms with van der Waals surface area (Å²) < 4.78 is 23.0. The molecule has 0 aromatic carbocycles. The summed E-state index contributed by atoms with van der Waals surface area (Å²) in [5.74, 6) is -1.62. The molecule has 0 amide bonds. The van der Waals surface area contributed by atoms with E-state index in [-0.39, 0.29) is 35.1 Å². The Bertz CT molecular complexity index is 697. The van der Waals surface area contributed by atoms with Gasteiger partial charge in [0.1, 0.15) is 0 Å². The third kappa shape index (κ3) is 3.23. The molecule has 2 heterocycles. The zero-order chi connectivity index (χ0) is 13.3. The minimum absolute atomic E-state index is 0. The third-order valence-corrected chi connectivity index (χ3v) is 3.16. The van der Waals surface area contributed by atoms with E-state index >= 15 is 0 Å². The number of carbonyl (C=O) groups excluding carboxylic acids is 1. The number of carbonyl (C=O) groups is 1. The summed E-state index contributed by atoms with van der Waals surface area (Å²) >= 11 is 0. The van der Waals surface area contributed by atoms with Crippen LogP contribution in [0.15, 0.2) is 36.8 Å². The number of aromatic nitrogens is 2. The fourth-order valence-corrected chi connectivity index (χ4v) is 2.25. The Kier molecular flexibility index (Phi) is 4.88. The maximum atomic E-state index is 11.2. The molecule has 0 aliphatic rings. The molecule has 2 rings (SSSR count). The second-order valence-electron chi connectivity index (χ2n) is 3.44. The number of aromatic carboxylic acids is 1. The van der Waals surface area contributed by atoms with Gasteiger partial charge in [-0.1, -0.05) is 0 Å². The topological polar surface area (TPSA) is 118 Å². The molecule has 0 aliphatic carbocycles. The Morgan fingerprint density at radius 2 is 1.84 bits per heavy atom. The van der Waals surface area contributed by atoms with Crippen molar-refractivity contribution >= 4 is 16.2 Å². The van der Waals surface area contributed by atoms with Crippen LogP contribution in [0.1, 0.15) is 10.5 Å². The first-order valence-corrected chi connectivity index (χ1v) is 6.28. The summed E-state index contributed by atoms with van der Waals surface area (Å²) in [6, 6.07) is 4.44. The van der Waals surface area contributed by atoms with Crippen molar-refractivity contribution in [3.05, 3.63) is 42.5 Å². The molecular formula is C10H8N3NaO4S. The van der Waals surface area contributed by atoms with Gasteiger partial charge in [-0.3, -0.25) is 4.98 Å². The van der Waals surface area contributed by atoms with Crippen LogP contribution >= 0.6 is 0 Å². The quantitative estimate of drug-likeness (QED) is 0.577. The van der Waals surface area contributed by atoms with Gasteiger partial charge in [0.05, 0.1) is 11.7 Å². The molecule has 0 unspecified atom stereocenters. The Balaban J connectivity index is 0.00000180. The Hall–Kier alpha value is -1.19. The molecule has 2 aromatic heterocycles. The first kappa shape index (κ1) is 15.9. The maximum Gasteiger partial charge on any atom is 1.00 e. The van der Waals surface area contributed by atoms with Crippen LogP contribution in [0.25, 0.3) is 11.1 Å². The Morgan fingerprint density at radius 3 is 2.32 bits per heavy atom. The number of hydrogen-bond acceptors (Lipinski definition) is 5. The van der Waals surface area contributed by atoms with Crippen molar-refractivity contribution in [2.45, 2.75) is 0 Å². The van der Waals surface area contributed by atoms with Crippen molar-refractivity contribution in [1.29, 1.82) is 0 Å². The number of nitrogens with two attached hydrogens (primary N) is 1. The van der Waals surface area contributed by atoms with E-state index < -0.39 is 21.9 Å². The van der Waals surface area contributed by atoms with Gasteiger partial charge in [-0.25, -0.2) is 9.11 Å². The van der Waals surface area contributed by atoms with E-state index in [0.717, 1.165) is 6.20 Å². The summed E-state index contributed by atoms with van der Waals surface area (Å²) in [6.07, 6.45) is 3.99. The van der Waals surface area contributed by atoms with Crippen LogP contribution in [0.3, 0.4) is 0 Å². The summed E-state index contributed by atoms with van der Waals surface area (Å²) in [5, 5.41) is 16.0. The van der Waals surface area contributed by atoms with Crippen LogP contribution in [0.2, 0.25) is 0 Å². The van der Waals surface area contributed by atoms with Crippen molar-refractivity contribution < 1.29 is 47.9 Å². The van der Waals surface area contributed by atoms with Gasteiger partial charge in [0.2, 0.25) is 0 Å². The smallest absolute Gasteiger partial charge is 0.543 e. The molecule has 0 atom stereocenters. The summed E-state index contributed by atoms with van der Waals surface area (Å²) in [7, 11) is -4.19. The van der Waals surface area contributed by atoms with Gasteiger partial charge in [0.15, 0.2) is 0 Å². The SMILES string of the molecule is NS(=O)(=O)n1ccc(-c2ccncc2)c1C(=O)[O-].[Na+]. The second kappa shape index (κ2) is 5.85. The van der Waals surface area contributed by atoms with E-state index in [1.807, 2.05) is 0 Å². The van der Waals surface area contributed by atoms with E-state index in [1.165, 1.54) is 18.5 Å². The molecule has 2 aromatic rings. The average Bonchev–Trinajstić information content (AvgIpc) is 2.74. The number of carboxylic acid groups (broad SMARTS) is 1. The van der Waals surface area contributed by atoms with Gasteiger partial charge in [-0.2, -0.15) is 8.42 Å². The average molecular weight is 289 g/mol. The number of nitrogens with zero attached hydrogens (tertiary/aromatic N) is 2. The van der Waals surface area contributed by atoms with Gasteiger partial charge < -0.3 is 9.90 Å². The Labute approximate surface area is 131 Å². The fourth-order valence-electron chi connectivity index (χ4n) is 1.59.